The van der Waals surface area contributed by atoms with Crippen molar-refractivity contribution in [2.75, 3.05) is 11.8 Å². The van der Waals surface area contributed by atoms with Crippen molar-refractivity contribution in [2.45, 2.75) is 5.16 Å². The molecule has 2 heterocycles. The fourth-order valence-corrected chi connectivity index (χ4v) is 3.60. The SMILES string of the molecule is COc1nc(Cl)cn2nc(S(=O)(=O)Nc3c(Cl)cccc3Cl)nc12. The second-order valence-electron chi connectivity index (χ2n) is 4.44. The van der Waals surface area contributed by atoms with Gasteiger partial charge in [-0.15, -0.1) is 5.10 Å². The van der Waals surface area contributed by atoms with E-state index < -0.39 is 15.2 Å². The maximum absolute atomic E-state index is 12.5. The van der Waals surface area contributed by atoms with Gasteiger partial charge in [-0.05, 0) is 12.1 Å². The van der Waals surface area contributed by atoms with Crippen LogP contribution in [-0.4, -0.2) is 35.1 Å². The molecule has 0 bridgehead atoms. The van der Waals surface area contributed by atoms with Gasteiger partial charge in [0.1, 0.15) is 0 Å². The summed E-state index contributed by atoms with van der Waals surface area (Å²) in [7, 11) is -2.80. The zero-order chi connectivity index (χ0) is 17.5. The highest BCUT2D eigenvalue weighted by molar-refractivity contribution is 7.92. The molecule has 3 rings (SSSR count). The Morgan fingerprint density at radius 2 is 1.83 bits per heavy atom. The predicted octanol–water partition coefficient (Wildman–Crippen LogP) is 2.89. The summed E-state index contributed by atoms with van der Waals surface area (Å²) in [6.07, 6.45) is 1.30. The second kappa shape index (κ2) is 6.25. The first kappa shape index (κ1) is 17.0. The number of fused-ring (bicyclic) bond motifs is 1. The maximum atomic E-state index is 12.5. The Bertz CT molecular complexity index is 1020. The number of rotatable bonds is 4. The number of nitrogens with zero attached hydrogens (tertiary/aromatic N) is 4. The first-order chi connectivity index (χ1) is 11.3. The molecule has 0 aliphatic heterocycles. The van der Waals surface area contributed by atoms with Gasteiger partial charge in [-0.3, -0.25) is 4.72 Å². The van der Waals surface area contributed by atoms with Gasteiger partial charge >= 0.3 is 0 Å². The van der Waals surface area contributed by atoms with E-state index in [1.165, 1.54) is 25.4 Å². The Balaban J connectivity index is 2.09. The van der Waals surface area contributed by atoms with Crippen LogP contribution < -0.4 is 9.46 Å². The second-order valence-corrected chi connectivity index (χ2v) is 7.22. The normalized spacial score (nSPS) is 11.7. The van der Waals surface area contributed by atoms with Gasteiger partial charge in [0.25, 0.3) is 21.1 Å². The van der Waals surface area contributed by atoms with Crippen LogP contribution in [-0.2, 0) is 10.0 Å². The van der Waals surface area contributed by atoms with Crippen LogP contribution in [0.1, 0.15) is 0 Å². The molecule has 0 saturated heterocycles. The molecule has 0 atom stereocenters. The molecule has 0 saturated carbocycles. The maximum Gasteiger partial charge on any atom is 0.299 e. The lowest BCUT2D eigenvalue weighted by molar-refractivity contribution is 0.399. The van der Waals surface area contributed by atoms with Crippen molar-refractivity contribution in [3.8, 4) is 5.88 Å². The summed E-state index contributed by atoms with van der Waals surface area (Å²) in [6.45, 7) is 0. The topological polar surface area (TPSA) is 98.5 Å². The third-order valence-corrected chi connectivity index (χ3v) is 4.81. The minimum absolute atomic E-state index is 0.0304. The molecule has 3 aromatic rings. The average Bonchev–Trinajstić information content (AvgIpc) is 2.95. The van der Waals surface area contributed by atoms with Crippen LogP contribution in [0.2, 0.25) is 15.2 Å². The van der Waals surface area contributed by atoms with Crippen LogP contribution in [0.25, 0.3) is 5.65 Å². The number of benzene rings is 1. The number of halogens is 3. The van der Waals surface area contributed by atoms with Crippen LogP contribution >= 0.6 is 34.8 Å². The van der Waals surface area contributed by atoms with Crippen LogP contribution in [0.3, 0.4) is 0 Å². The molecule has 0 fully saturated rings. The van der Waals surface area contributed by atoms with Gasteiger partial charge < -0.3 is 4.74 Å². The summed E-state index contributed by atoms with van der Waals surface area (Å²) in [4.78, 5) is 7.81. The van der Waals surface area contributed by atoms with E-state index in [1.807, 2.05) is 0 Å². The Kier molecular flexibility index (Phi) is 4.43. The molecule has 0 amide bonds. The molecule has 1 N–H and O–H groups in total. The van der Waals surface area contributed by atoms with Crippen molar-refractivity contribution < 1.29 is 13.2 Å². The van der Waals surface area contributed by atoms with E-state index in [1.54, 1.807) is 6.07 Å². The number of para-hydroxylation sites is 1. The number of nitrogens with one attached hydrogen (secondary N) is 1. The average molecular weight is 409 g/mol. The molecule has 2 aromatic heterocycles. The number of aromatic nitrogens is 4. The molecule has 1 aromatic carbocycles. The number of anilines is 1. The summed E-state index contributed by atoms with van der Waals surface area (Å²) >= 11 is 17.7. The van der Waals surface area contributed by atoms with Crippen LogP contribution in [0.5, 0.6) is 5.88 Å². The Hall–Kier alpha value is -1.81. The van der Waals surface area contributed by atoms with E-state index in [2.05, 4.69) is 19.8 Å². The summed E-state index contributed by atoms with van der Waals surface area (Å²) in [5, 5.41) is 3.70. The largest absolute Gasteiger partial charge is 0.478 e. The third kappa shape index (κ3) is 3.07. The third-order valence-electron chi connectivity index (χ3n) is 2.87. The summed E-state index contributed by atoms with van der Waals surface area (Å²) < 4.78 is 33.4. The highest BCUT2D eigenvalue weighted by Gasteiger charge is 2.24. The molecule has 24 heavy (non-hydrogen) atoms. The Labute approximate surface area is 151 Å². The van der Waals surface area contributed by atoms with E-state index in [4.69, 9.17) is 39.5 Å². The molecular weight excluding hydrogens is 401 g/mol. The van der Waals surface area contributed by atoms with Crippen LogP contribution in [0.15, 0.2) is 29.6 Å². The predicted molar refractivity (Wildman–Crippen MR) is 89.6 cm³/mol. The zero-order valence-electron chi connectivity index (χ0n) is 11.9. The highest BCUT2D eigenvalue weighted by atomic mass is 35.5. The minimum atomic E-state index is -4.15. The number of hydrogen-bond donors (Lipinski definition) is 1. The lowest BCUT2D eigenvalue weighted by Crippen LogP contribution is -2.15. The van der Waals surface area contributed by atoms with Crippen LogP contribution in [0.4, 0.5) is 5.69 Å². The quantitative estimate of drug-likeness (QED) is 0.713. The van der Waals surface area contributed by atoms with E-state index >= 15 is 0 Å². The summed E-state index contributed by atoms with van der Waals surface area (Å²) in [6, 6.07) is 4.58. The molecule has 8 nitrogen and oxygen atoms in total. The minimum Gasteiger partial charge on any atom is -0.478 e. The van der Waals surface area contributed by atoms with Crippen LogP contribution in [0, 0.1) is 0 Å². The Morgan fingerprint density at radius 3 is 2.46 bits per heavy atom. The Morgan fingerprint density at radius 1 is 1.17 bits per heavy atom. The van der Waals surface area contributed by atoms with Crippen molar-refractivity contribution in [1.29, 1.82) is 0 Å². The van der Waals surface area contributed by atoms with Gasteiger partial charge in [0.05, 0.1) is 29.0 Å². The molecule has 0 aliphatic rings. The van der Waals surface area contributed by atoms with Gasteiger partial charge in [0.15, 0.2) is 5.15 Å². The molecule has 126 valence electrons. The van der Waals surface area contributed by atoms with Gasteiger partial charge in [0, 0.05) is 0 Å². The molecule has 0 spiro atoms. The smallest absolute Gasteiger partial charge is 0.299 e. The summed E-state index contributed by atoms with van der Waals surface area (Å²) in [5.74, 6) is 0.0345. The summed E-state index contributed by atoms with van der Waals surface area (Å²) in [5.41, 5.74) is 0.121. The monoisotopic (exact) mass is 407 g/mol. The number of sulfonamides is 1. The standard InChI is InChI=1S/C12H8Cl3N5O3S/c1-23-11-10-17-12(18-20(10)5-8(15)16-11)24(21,22)19-9-6(13)3-2-4-7(9)14/h2-5,19H,1H3. The van der Waals surface area contributed by atoms with Crippen molar-refractivity contribution in [3.63, 3.8) is 0 Å². The van der Waals surface area contributed by atoms with Crippen molar-refractivity contribution in [1.82, 2.24) is 19.6 Å². The fourth-order valence-electron chi connectivity index (χ4n) is 1.84. The lowest BCUT2D eigenvalue weighted by Gasteiger charge is -2.08. The molecule has 0 aliphatic carbocycles. The molecule has 0 unspecified atom stereocenters. The highest BCUT2D eigenvalue weighted by Crippen LogP contribution is 2.31. The van der Waals surface area contributed by atoms with Gasteiger partial charge in [0.2, 0.25) is 5.65 Å². The lowest BCUT2D eigenvalue weighted by atomic mass is 10.3. The fraction of sp³-hybridized carbons (Fsp3) is 0.0833. The van der Waals surface area contributed by atoms with Gasteiger partial charge in [-0.2, -0.15) is 18.4 Å². The van der Waals surface area contributed by atoms with Gasteiger partial charge in [-0.1, -0.05) is 40.9 Å². The molecule has 0 radical (unpaired) electrons. The van der Waals surface area contributed by atoms with Gasteiger partial charge in [-0.25, -0.2) is 4.52 Å². The first-order valence-corrected chi connectivity index (χ1v) is 8.87. The van der Waals surface area contributed by atoms with E-state index in [0.717, 1.165) is 4.52 Å². The first-order valence-electron chi connectivity index (χ1n) is 6.25. The number of methoxy groups -OCH3 is 1. The van der Waals surface area contributed by atoms with Crippen molar-refractivity contribution in [3.05, 3.63) is 39.6 Å². The number of hydrogen-bond acceptors (Lipinski definition) is 6. The van der Waals surface area contributed by atoms with E-state index in [9.17, 15) is 8.42 Å². The van der Waals surface area contributed by atoms with Crippen molar-refractivity contribution >= 4 is 56.2 Å². The molecular formula is C12H8Cl3N5O3S. The number of ether oxygens (including phenoxy) is 1. The van der Waals surface area contributed by atoms with E-state index in [0.29, 0.717) is 0 Å². The zero-order valence-corrected chi connectivity index (χ0v) is 14.9. The van der Waals surface area contributed by atoms with Crippen molar-refractivity contribution in [2.24, 2.45) is 0 Å². The molecule has 12 heteroatoms. The van der Waals surface area contributed by atoms with E-state index in [-0.39, 0.29) is 32.4 Å².